The van der Waals surface area contributed by atoms with Crippen molar-refractivity contribution in [2.24, 2.45) is 0 Å². The minimum absolute atomic E-state index is 0.00265. The van der Waals surface area contributed by atoms with Crippen LogP contribution in [0.5, 0.6) is 0 Å². The predicted molar refractivity (Wildman–Crippen MR) is 88.2 cm³/mol. The first kappa shape index (κ1) is 15.7. The highest BCUT2D eigenvalue weighted by Gasteiger charge is 2.17. The lowest BCUT2D eigenvalue weighted by atomic mass is 9.97. The maximum absolute atomic E-state index is 6.38. The van der Waals surface area contributed by atoms with Gasteiger partial charge in [-0.25, -0.2) is 0 Å². The molecular weight excluding hydrogens is 313 g/mol. The van der Waals surface area contributed by atoms with Crippen LogP contribution in [0.2, 0.25) is 15.1 Å². The van der Waals surface area contributed by atoms with Gasteiger partial charge in [0.05, 0.1) is 16.1 Å². The Morgan fingerprint density at radius 3 is 2.30 bits per heavy atom. The minimum Gasteiger partial charge on any atom is -0.306 e. The molecule has 0 fully saturated rings. The van der Waals surface area contributed by atoms with E-state index >= 15 is 0 Å². The molecule has 1 N–H and O–H groups in total. The van der Waals surface area contributed by atoms with Gasteiger partial charge >= 0.3 is 0 Å². The Morgan fingerprint density at radius 1 is 0.950 bits per heavy atom. The van der Waals surface area contributed by atoms with E-state index in [-0.39, 0.29) is 6.04 Å². The van der Waals surface area contributed by atoms with E-state index in [0.717, 1.165) is 28.3 Å². The Labute approximate surface area is 134 Å². The van der Waals surface area contributed by atoms with Gasteiger partial charge in [-0.2, -0.15) is 0 Å². The van der Waals surface area contributed by atoms with Gasteiger partial charge in [-0.1, -0.05) is 59.9 Å². The first-order chi connectivity index (χ1) is 9.52. The van der Waals surface area contributed by atoms with Crippen molar-refractivity contribution < 1.29 is 0 Å². The maximum atomic E-state index is 6.38. The predicted octanol–water partition coefficient (Wildman–Crippen LogP) is 5.65. The molecule has 20 heavy (non-hydrogen) atoms. The number of hydrogen-bond acceptors (Lipinski definition) is 1. The van der Waals surface area contributed by atoms with Gasteiger partial charge in [0, 0.05) is 5.02 Å². The van der Waals surface area contributed by atoms with Crippen LogP contribution in [0.25, 0.3) is 0 Å². The molecule has 0 bridgehead atoms. The Bertz CT molecular complexity index is 611. The molecule has 0 saturated carbocycles. The third kappa shape index (κ3) is 3.48. The Balaban J connectivity index is 2.47. The van der Waals surface area contributed by atoms with Crippen LogP contribution >= 0.6 is 34.8 Å². The fraction of sp³-hybridized carbons (Fsp3) is 0.250. The van der Waals surface area contributed by atoms with E-state index in [4.69, 9.17) is 34.8 Å². The maximum Gasteiger partial charge on any atom is 0.0595 e. The van der Waals surface area contributed by atoms with Crippen LogP contribution in [0.1, 0.15) is 29.7 Å². The summed E-state index contributed by atoms with van der Waals surface area (Å²) in [6.45, 7) is 4.92. The van der Waals surface area contributed by atoms with Gasteiger partial charge in [-0.05, 0) is 48.4 Å². The molecule has 2 rings (SSSR count). The number of hydrogen-bond donors (Lipinski definition) is 1. The summed E-state index contributed by atoms with van der Waals surface area (Å²) in [5.74, 6) is 0. The third-order valence-electron chi connectivity index (χ3n) is 3.15. The lowest BCUT2D eigenvalue weighted by Crippen LogP contribution is -2.22. The summed E-state index contributed by atoms with van der Waals surface area (Å²) in [5, 5.41) is 5.30. The molecule has 2 aromatic rings. The van der Waals surface area contributed by atoms with E-state index in [9.17, 15) is 0 Å². The van der Waals surface area contributed by atoms with E-state index in [2.05, 4.69) is 18.3 Å². The Kier molecular flexibility index (Phi) is 5.34. The zero-order chi connectivity index (χ0) is 14.7. The second-order valence-corrected chi connectivity index (χ2v) is 5.91. The summed E-state index contributed by atoms with van der Waals surface area (Å²) in [6.07, 6.45) is 0. The van der Waals surface area contributed by atoms with Crippen molar-refractivity contribution in [1.82, 2.24) is 5.32 Å². The molecule has 0 aliphatic rings. The van der Waals surface area contributed by atoms with Crippen molar-refractivity contribution in [1.29, 1.82) is 0 Å². The quantitative estimate of drug-likeness (QED) is 0.764. The Morgan fingerprint density at radius 2 is 1.70 bits per heavy atom. The summed E-state index contributed by atoms with van der Waals surface area (Å²) in [4.78, 5) is 0. The normalized spacial score (nSPS) is 12.4. The molecule has 0 saturated heterocycles. The van der Waals surface area contributed by atoms with Gasteiger partial charge in [0.25, 0.3) is 0 Å². The number of benzene rings is 2. The van der Waals surface area contributed by atoms with E-state index in [1.54, 1.807) is 0 Å². The first-order valence-corrected chi connectivity index (χ1v) is 7.60. The minimum atomic E-state index is 0.00265. The third-order valence-corrected chi connectivity index (χ3v) is 4.22. The van der Waals surface area contributed by atoms with Crippen molar-refractivity contribution in [3.05, 3.63) is 68.2 Å². The number of nitrogens with one attached hydrogen (secondary N) is 1. The SMILES string of the molecule is CCNC(c1ccc(Cl)c(Cl)c1)c1ccc(C)cc1Cl. The summed E-state index contributed by atoms with van der Waals surface area (Å²) in [6, 6.07) is 11.7. The number of aryl methyl sites for hydroxylation is 1. The van der Waals surface area contributed by atoms with E-state index in [0.29, 0.717) is 10.0 Å². The van der Waals surface area contributed by atoms with E-state index in [1.165, 1.54) is 0 Å². The number of halogens is 3. The van der Waals surface area contributed by atoms with Crippen molar-refractivity contribution in [3.63, 3.8) is 0 Å². The molecule has 0 aliphatic carbocycles. The number of rotatable bonds is 4. The van der Waals surface area contributed by atoms with Crippen LogP contribution < -0.4 is 5.32 Å². The lowest BCUT2D eigenvalue weighted by Gasteiger charge is -2.21. The molecular formula is C16H16Cl3N. The first-order valence-electron chi connectivity index (χ1n) is 6.47. The van der Waals surface area contributed by atoms with Crippen LogP contribution in [-0.2, 0) is 0 Å². The van der Waals surface area contributed by atoms with Gasteiger partial charge in [0.1, 0.15) is 0 Å². The highest BCUT2D eigenvalue weighted by Crippen LogP contribution is 2.32. The average molecular weight is 329 g/mol. The summed E-state index contributed by atoms with van der Waals surface area (Å²) in [5.41, 5.74) is 3.23. The molecule has 1 unspecified atom stereocenters. The van der Waals surface area contributed by atoms with Crippen molar-refractivity contribution in [2.75, 3.05) is 6.54 Å². The van der Waals surface area contributed by atoms with Gasteiger partial charge in [-0.3, -0.25) is 0 Å². The molecule has 1 nitrogen and oxygen atoms in total. The molecule has 0 aliphatic heterocycles. The molecule has 0 aromatic heterocycles. The van der Waals surface area contributed by atoms with Gasteiger partial charge in [-0.15, -0.1) is 0 Å². The highest BCUT2D eigenvalue weighted by molar-refractivity contribution is 6.42. The highest BCUT2D eigenvalue weighted by atomic mass is 35.5. The average Bonchev–Trinajstić information content (AvgIpc) is 2.40. The lowest BCUT2D eigenvalue weighted by molar-refractivity contribution is 0.631. The molecule has 0 radical (unpaired) electrons. The van der Waals surface area contributed by atoms with Crippen LogP contribution in [-0.4, -0.2) is 6.54 Å². The van der Waals surface area contributed by atoms with Crippen molar-refractivity contribution in [3.8, 4) is 0 Å². The summed E-state index contributed by atoms with van der Waals surface area (Å²) >= 11 is 18.5. The van der Waals surface area contributed by atoms with Crippen LogP contribution in [0.3, 0.4) is 0 Å². The molecule has 4 heteroatoms. The van der Waals surface area contributed by atoms with Crippen molar-refractivity contribution in [2.45, 2.75) is 19.9 Å². The monoisotopic (exact) mass is 327 g/mol. The van der Waals surface area contributed by atoms with E-state index < -0.39 is 0 Å². The van der Waals surface area contributed by atoms with Gasteiger partial charge < -0.3 is 5.32 Å². The fourth-order valence-electron chi connectivity index (χ4n) is 2.17. The van der Waals surface area contributed by atoms with E-state index in [1.807, 2.05) is 37.3 Å². The van der Waals surface area contributed by atoms with Crippen LogP contribution in [0.15, 0.2) is 36.4 Å². The van der Waals surface area contributed by atoms with Gasteiger partial charge in [0.15, 0.2) is 0 Å². The zero-order valence-electron chi connectivity index (χ0n) is 11.4. The largest absolute Gasteiger partial charge is 0.306 e. The van der Waals surface area contributed by atoms with Crippen LogP contribution in [0, 0.1) is 6.92 Å². The molecule has 0 heterocycles. The summed E-state index contributed by atoms with van der Waals surface area (Å²) < 4.78 is 0. The van der Waals surface area contributed by atoms with Crippen LogP contribution in [0.4, 0.5) is 0 Å². The standard InChI is InChI=1S/C16H16Cl3N/c1-3-20-16(11-5-7-13(17)15(19)9-11)12-6-4-10(2)8-14(12)18/h4-9,16,20H,3H2,1-2H3. The van der Waals surface area contributed by atoms with Gasteiger partial charge in [0.2, 0.25) is 0 Å². The Hall–Kier alpha value is -0.730. The zero-order valence-corrected chi connectivity index (χ0v) is 13.7. The van der Waals surface area contributed by atoms with Crippen molar-refractivity contribution >= 4 is 34.8 Å². The fourth-order valence-corrected chi connectivity index (χ4v) is 2.82. The topological polar surface area (TPSA) is 12.0 Å². The second-order valence-electron chi connectivity index (χ2n) is 4.69. The molecule has 106 valence electrons. The molecule has 0 amide bonds. The second kappa shape index (κ2) is 6.82. The molecule has 2 aromatic carbocycles. The molecule has 1 atom stereocenters. The smallest absolute Gasteiger partial charge is 0.0595 e. The molecule has 0 spiro atoms. The summed E-state index contributed by atoms with van der Waals surface area (Å²) in [7, 11) is 0.